The van der Waals surface area contributed by atoms with E-state index in [0.29, 0.717) is 13.2 Å². The van der Waals surface area contributed by atoms with Crippen LogP contribution in [-0.4, -0.2) is 23.6 Å². The fourth-order valence-corrected chi connectivity index (χ4v) is 2.79. The molecule has 2 heterocycles. The van der Waals surface area contributed by atoms with Crippen LogP contribution in [0.3, 0.4) is 0 Å². The Balaban J connectivity index is 1.67. The zero-order chi connectivity index (χ0) is 17.6. The van der Waals surface area contributed by atoms with E-state index in [0.717, 1.165) is 34.7 Å². The summed E-state index contributed by atoms with van der Waals surface area (Å²) in [7, 11) is 0. The van der Waals surface area contributed by atoms with E-state index in [4.69, 9.17) is 9.47 Å². The number of benzene rings is 1. The van der Waals surface area contributed by atoms with Gasteiger partial charge in [0.2, 0.25) is 5.91 Å². The SMILES string of the molecule is CCOc1cc2c(cc1CNC(=O)C=Cc1ccccn1)OC(C)C2. The van der Waals surface area contributed by atoms with Crippen LogP contribution in [0.1, 0.15) is 30.7 Å². The number of amides is 1. The first-order valence-corrected chi connectivity index (χ1v) is 8.48. The average molecular weight is 338 g/mol. The smallest absolute Gasteiger partial charge is 0.244 e. The van der Waals surface area contributed by atoms with Crippen LogP contribution in [0.2, 0.25) is 0 Å². The van der Waals surface area contributed by atoms with Crippen molar-refractivity contribution in [3.63, 3.8) is 0 Å². The number of nitrogens with one attached hydrogen (secondary N) is 1. The van der Waals surface area contributed by atoms with E-state index >= 15 is 0 Å². The molecule has 5 nitrogen and oxygen atoms in total. The second-order valence-corrected chi connectivity index (χ2v) is 5.94. The van der Waals surface area contributed by atoms with Gasteiger partial charge in [-0.05, 0) is 44.2 Å². The van der Waals surface area contributed by atoms with E-state index in [9.17, 15) is 4.79 Å². The number of ether oxygens (including phenoxy) is 2. The Bertz CT molecular complexity index is 772. The van der Waals surface area contributed by atoms with Gasteiger partial charge in [0.05, 0.1) is 12.3 Å². The van der Waals surface area contributed by atoms with Crippen molar-refractivity contribution in [2.75, 3.05) is 6.61 Å². The molecule has 3 rings (SSSR count). The Hall–Kier alpha value is -2.82. The van der Waals surface area contributed by atoms with E-state index < -0.39 is 0 Å². The van der Waals surface area contributed by atoms with Gasteiger partial charge >= 0.3 is 0 Å². The van der Waals surface area contributed by atoms with Crippen LogP contribution in [-0.2, 0) is 17.8 Å². The highest BCUT2D eigenvalue weighted by molar-refractivity contribution is 5.91. The molecule has 1 atom stereocenters. The highest BCUT2D eigenvalue weighted by Crippen LogP contribution is 2.35. The summed E-state index contributed by atoms with van der Waals surface area (Å²) in [6.45, 7) is 4.95. The van der Waals surface area contributed by atoms with Crippen LogP contribution in [0.15, 0.2) is 42.6 Å². The number of hydrogen-bond acceptors (Lipinski definition) is 4. The Morgan fingerprint density at radius 3 is 3.08 bits per heavy atom. The topological polar surface area (TPSA) is 60.5 Å². The molecule has 1 aromatic carbocycles. The first-order valence-electron chi connectivity index (χ1n) is 8.48. The number of fused-ring (bicyclic) bond motifs is 1. The molecule has 2 aromatic rings. The lowest BCUT2D eigenvalue weighted by Gasteiger charge is -2.13. The van der Waals surface area contributed by atoms with E-state index in [1.54, 1.807) is 12.3 Å². The molecule has 0 spiro atoms. The summed E-state index contributed by atoms with van der Waals surface area (Å²) in [6, 6.07) is 9.55. The number of hydrogen-bond donors (Lipinski definition) is 1. The number of aromatic nitrogens is 1. The highest BCUT2D eigenvalue weighted by atomic mass is 16.5. The van der Waals surface area contributed by atoms with E-state index in [-0.39, 0.29) is 12.0 Å². The monoisotopic (exact) mass is 338 g/mol. The molecule has 1 N–H and O–H groups in total. The highest BCUT2D eigenvalue weighted by Gasteiger charge is 2.21. The van der Waals surface area contributed by atoms with Gasteiger partial charge < -0.3 is 14.8 Å². The van der Waals surface area contributed by atoms with Crippen LogP contribution < -0.4 is 14.8 Å². The molecule has 1 aromatic heterocycles. The maximum Gasteiger partial charge on any atom is 0.244 e. The van der Waals surface area contributed by atoms with Crippen molar-refractivity contribution in [2.45, 2.75) is 32.9 Å². The molecule has 0 radical (unpaired) electrons. The van der Waals surface area contributed by atoms with Crippen LogP contribution in [0.5, 0.6) is 11.5 Å². The number of pyridine rings is 1. The molecule has 130 valence electrons. The van der Waals surface area contributed by atoms with Crippen molar-refractivity contribution < 1.29 is 14.3 Å². The van der Waals surface area contributed by atoms with Crippen molar-refractivity contribution in [3.8, 4) is 11.5 Å². The standard InChI is InChI=1S/C20H22N2O3/c1-3-24-18-11-15-10-14(2)25-19(15)12-16(18)13-22-20(23)8-7-17-6-4-5-9-21-17/h4-9,11-12,14H,3,10,13H2,1-2H3,(H,22,23). The molecule has 1 unspecified atom stereocenters. The quantitative estimate of drug-likeness (QED) is 0.822. The number of nitrogens with zero attached hydrogens (tertiary/aromatic N) is 1. The minimum absolute atomic E-state index is 0.177. The third-order valence-electron chi connectivity index (χ3n) is 3.93. The second kappa shape index (κ2) is 7.83. The first-order chi connectivity index (χ1) is 12.2. The summed E-state index contributed by atoms with van der Waals surface area (Å²) >= 11 is 0. The van der Waals surface area contributed by atoms with Gasteiger partial charge in [-0.2, -0.15) is 0 Å². The summed E-state index contributed by atoms with van der Waals surface area (Å²) in [4.78, 5) is 16.2. The molecule has 5 heteroatoms. The molecule has 0 bridgehead atoms. The number of carbonyl (C=O) groups is 1. The Morgan fingerprint density at radius 1 is 1.44 bits per heavy atom. The molecule has 0 saturated heterocycles. The maximum atomic E-state index is 12.0. The summed E-state index contributed by atoms with van der Waals surface area (Å²) in [5.41, 5.74) is 2.81. The van der Waals surface area contributed by atoms with Crippen LogP contribution >= 0.6 is 0 Å². The van der Waals surface area contributed by atoms with Gasteiger partial charge in [0.25, 0.3) is 0 Å². The van der Waals surface area contributed by atoms with Gasteiger partial charge in [0.1, 0.15) is 17.6 Å². The summed E-state index contributed by atoms with van der Waals surface area (Å²) in [5, 5.41) is 2.88. The maximum absolute atomic E-state index is 12.0. The fraction of sp³-hybridized carbons (Fsp3) is 0.300. The molecule has 1 aliphatic heterocycles. The second-order valence-electron chi connectivity index (χ2n) is 5.94. The normalized spacial score (nSPS) is 15.7. The van der Waals surface area contributed by atoms with Gasteiger partial charge in [-0.1, -0.05) is 6.07 Å². The first kappa shape index (κ1) is 17.0. The average Bonchev–Trinajstić information content (AvgIpc) is 2.98. The summed E-state index contributed by atoms with van der Waals surface area (Å²) in [5.74, 6) is 1.50. The zero-order valence-electron chi connectivity index (χ0n) is 14.5. The molecule has 0 saturated carbocycles. The molecular formula is C20H22N2O3. The molecule has 25 heavy (non-hydrogen) atoms. The Kier molecular flexibility index (Phi) is 5.33. The lowest BCUT2D eigenvalue weighted by Crippen LogP contribution is -2.20. The zero-order valence-corrected chi connectivity index (χ0v) is 14.5. The largest absolute Gasteiger partial charge is 0.494 e. The van der Waals surface area contributed by atoms with Crippen molar-refractivity contribution >= 4 is 12.0 Å². The molecule has 1 amide bonds. The van der Waals surface area contributed by atoms with Gasteiger partial charge in [-0.3, -0.25) is 9.78 Å². The fourth-order valence-electron chi connectivity index (χ4n) is 2.79. The van der Waals surface area contributed by atoms with Gasteiger partial charge in [-0.25, -0.2) is 0 Å². The van der Waals surface area contributed by atoms with Crippen LogP contribution in [0.25, 0.3) is 6.08 Å². The van der Waals surface area contributed by atoms with Gasteiger partial charge in [0.15, 0.2) is 0 Å². The predicted octanol–water partition coefficient (Wildman–Crippen LogP) is 3.13. The summed E-state index contributed by atoms with van der Waals surface area (Å²) < 4.78 is 11.5. The third kappa shape index (κ3) is 4.38. The lowest BCUT2D eigenvalue weighted by molar-refractivity contribution is -0.116. The minimum Gasteiger partial charge on any atom is -0.494 e. The summed E-state index contributed by atoms with van der Waals surface area (Å²) in [6.07, 6.45) is 5.92. The van der Waals surface area contributed by atoms with Crippen LogP contribution in [0, 0.1) is 0 Å². The van der Waals surface area contributed by atoms with E-state index in [2.05, 4.69) is 10.3 Å². The van der Waals surface area contributed by atoms with Crippen molar-refractivity contribution in [2.24, 2.45) is 0 Å². The van der Waals surface area contributed by atoms with Gasteiger partial charge in [-0.15, -0.1) is 0 Å². The molecule has 1 aliphatic rings. The van der Waals surface area contributed by atoms with E-state index in [1.807, 2.05) is 44.2 Å². The lowest BCUT2D eigenvalue weighted by atomic mass is 10.1. The van der Waals surface area contributed by atoms with E-state index in [1.165, 1.54) is 6.08 Å². The van der Waals surface area contributed by atoms with Crippen LogP contribution in [0.4, 0.5) is 0 Å². The Labute approximate surface area is 147 Å². The number of carbonyl (C=O) groups excluding carboxylic acids is 1. The van der Waals surface area contributed by atoms with Gasteiger partial charge in [0, 0.05) is 36.4 Å². The molecular weight excluding hydrogens is 316 g/mol. The van der Waals surface area contributed by atoms with Crippen molar-refractivity contribution in [1.82, 2.24) is 10.3 Å². The van der Waals surface area contributed by atoms with Crippen molar-refractivity contribution in [3.05, 3.63) is 59.4 Å². The molecule has 0 fully saturated rings. The Morgan fingerprint density at radius 2 is 2.32 bits per heavy atom. The van der Waals surface area contributed by atoms with Crippen molar-refractivity contribution in [1.29, 1.82) is 0 Å². The minimum atomic E-state index is -0.178. The molecule has 0 aliphatic carbocycles. The number of rotatable bonds is 6. The third-order valence-corrected chi connectivity index (χ3v) is 3.93. The predicted molar refractivity (Wildman–Crippen MR) is 96.5 cm³/mol.